The molecule has 0 aromatic carbocycles. The smallest absolute Gasteiger partial charge is 0.153 e. The van der Waals surface area contributed by atoms with E-state index in [0.29, 0.717) is 17.3 Å². The van der Waals surface area contributed by atoms with Gasteiger partial charge in [-0.05, 0) is 49.9 Å². The topological polar surface area (TPSA) is 41.6 Å². The lowest BCUT2D eigenvalue weighted by atomic mass is 9.70. The molecule has 1 N–H and O–H groups in total. The number of nitrogens with zero attached hydrogens (tertiary/aromatic N) is 2. The van der Waals surface area contributed by atoms with Crippen LogP contribution in [-0.4, -0.2) is 15.2 Å². The molecule has 0 atom stereocenters. The zero-order chi connectivity index (χ0) is 14.9. The summed E-state index contributed by atoms with van der Waals surface area (Å²) in [6, 6.07) is 0. The van der Waals surface area contributed by atoms with Crippen LogP contribution in [0.3, 0.4) is 0 Å². The second-order valence-electron chi connectivity index (χ2n) is 8.33. The first-order chi connectivity index (χ1) is 10.0. The molecule has 3 heteroatoms. The highest BCUT2D eigenvalue weighted by Gasteiger charge is 2.31. The summed E-state index contributed by atoms with van der Waals surface area (Å²) in [6.07, 6.45) is 11.9. The number of aromatic amines is 1. The van der Waals surface area contributed by atoms with Crippen molar-refractivity contribution in [3.63, 3.8) is 0 Å². The SMILES string of the molecule is CC(C)(C)C1CCC(c2nc(C3CCCCC3)n[nH]2)CC1. The molecule has 2 saturated carbocycles. The van der Waals surface area contributed by atoms with Crippen LogP contribution in [-0.2, 0) is 0 Å². The van der Waals surface area contributed by atoms with E-state index in [0.717, 1.165) is 11.7 Å². The van der Waals surface area contributed by atoms with Gasteiger partial charge >= 0.3 is 0 Å². The summed E-state index contributed by atoms with van der Waals surface area (Å²) >= 11 is 0. The van der Waals surface area contributed by atoms with E-state index in [1.54, 1.807) is 0 Å². The van der Waals surface area contributed by atoms with Crippen LogP contribution in [0.5, 0.6) is 0 Å². The van der Waals surface area contributed by atoms with Crippen molar-refractivity contribution in [2.75, 3.05) is 0 Å². The molecule has 0 aliphatic heterocycles. The Kier molecular flexibility index (Phi) is 4.37. The Morgan fingerprint density at radius 1 is 0.857 bits per heavy atom. The van der Waals surface area contributed by atoms with Crippen molar-refractivity contribution in [2.45, 2.75) is 90.4 Å². The molecule has 1 heterocycles. The van der Waals surface area contributed by atoms with Gasteiger partial charge in [0.05, 0.1) is 0 Å². The quantitative estimate of drug-likeness (QED) is 0.815. The normalized spacial score (nSPS) is 28.7. The van der Waals surface area contributed by atoms with Gasteiger partial charge in [-0.2, -0.15) is 5.10 Å². The largest absolute Gasteiger partial charge is 0.263 e. The van der Waals surface area contributed by atoms with Crippen LogP contribution in [0.25, 0.3) is 0 Å². The van der Waals surface area contributed by atoms with Crippen LogP contribution >= 0.6 is 0 Å². The van der Waals surface area contributed by atoms with Crippen LogP contribution in [0.2, 0.25) is 0 Å². The van der Waals surface area contributed by atoms with Crippen LogP contribution in [0.1, 0.15) is 102 Å². The molecular formula is C18H31N3. The predicted molar refractivity (Wildman–Crippen MR) is 86.4 cm³/mol. The Bertz CT molecular complexity index is 443. The van der Waals surface area contributed by atoms with Gasteiger partial charge in [0.25, 0.3) is 0 Å². The molecule has 3 nitrogen and oxygen atoms in total. The molecule has 0 unspecified atom stereocenters. The zero-order valence-corrected chi connectivity index (χ0v) is 14.0. The molecule has 0 amide bonds. The molecule has 2 aliphatic rings. The Morgan fingerprint density at radius 2 is 1.52 bits per heavy atom. The standard InChI is InChI=1S/C18H31N3/c1-18(2,3)15-11-9-14(10-12-15)17-19-16(20-21-17)13-7-5-4-6-8-13/h13-15H,4-12H2,1-3H3,(H,19,20,21). The first-order valence-corrected chi connectivity index (χ1v) is 8.96. The van der Waals surface area contributed by atoms with E-state index in [-0.39, 0.29) is 0 Å². The van der Waals surface area contributed by atoms with Crippen LogP contribution < -0.4 is 0 Å². The lowest BCUT2D eigenvalue weighted by Gasteiger charge is -2.36. The van der Waals surface area contributed by atoms with Crippen molar-refractivity contribution in [2.24, 2.45) is 11.3 Å². The molecule has 0 spiro atoms. The second-order valence-corrected chi connectivity index (χ2v) is 8.33. The fraction of sp³-hybridized carbons (Fsp3) is 0.889. The predicted octanol–water partition coefficient (Wildman–Crippen LogP) is 5.17. The Balaban J connectivity index is 1.60. The minimum absolute atomic E-state index is 0.458. The van der Waals surface area contributed by atoms with Gasteiger partial charge in [-0.3, -0.25) is 5.10 Å². The van der Waals surface area contributed by atoms with E-state index in [9.17, 15) is 0 Å². The summed E-state index contributed by atoms with van der Waals surface area (Å²) in [6.45, 7) is 7.15. The minimum atomic E-state index is 0.458. The summed E-state index contributed by atoms with van der Waals surface area (Å²) in [5.74, 6) is 4.38. The van der Waals surface area contributed by atoms with E-state index < -0.39 is 0 Å². The van der Waals surface area contributed by atoms with Gasteiger partial charge in [-0.1, -0.05) is 40.0 Å². The van der Waals surface area contributed by atoms with Crippen LogP contribution in [0, 0.1) is 11.3 Å². The highest BCUT2D eigenvalue weighted by Crippen LogP contribution is 2.42. The van der Waals surface area contributed by atoms with Gasteiger partial charge < -0.3 is 0 Å². The number of hydrogen-bond donors (Lipinski definition) is 1. The van der Waals surface area contributed by atoms with Gasteiger partial charge in [0.1, 0.15) is 5.82 Å². The lowest BCUT2D eigenvalue weighted by Crippen LogP contribution is -2.25. The highest BCUT2D eigenvalue weighted by molar-refractivity contribution is 5.04. The molecule has 1 aromatic rings. The molecule has 3 rings (SSSR count). The van der Waals surface area contributed by atoms with Gasteiger partial charge in [0.15, 0.2) is 5.82 Å². The maximum absolute atomic E-state index is 4.88. The lowest BCUT2D eigenvalue weighted by molar-refractivity contribution is 0.167. The van der Waals surface area contributed by atoms with Crippen LogP contribution in [0.4, 0.5) is 0 Å². The molecule has 2 aliphatic carbocycles. The van der Waals surface area contributed by atoms with E-state index in [2.05, 4.69) is 31.0 Å². The van der Waals surface area contributed by atoms with E-state index in [1.165, 1.54) is 63.6 Å². The number of aromatic nitrogens is 3. The molecule has 0 bridgehead atoms. The first-order valence-electron chi connectivity index (χ1n) is 8.96. The minimum Gasteiger partial charge on any atom is -0.263 e. The third-order valence-corrected chi connectivity index (χ3v) is 5.83. The third kappa shape index (κ3) is 3.49. The van der Waals surface area contributed by atoms with Gasteiger partial charge in [0.2, 0.25) is 0 Å². The van der Waals surface area contributed by atoms with Gasteiger partial charge in [-0.25, -0.2) is 4.98 Å². The molecule has 0 radical (unpaired) electrons. The fourth-order valence-corrected chi connectivity index (χ4v) is 4.25. The van der Waals surface area contributed by atoms with E-state index in [1.807, 2.05) is 0 Å². The summed E-state index contributed by atoms with van der Waals surface area (Å²) in [7, 11) is 0. The molecule has 118 valence electrons. The van der Waals surface area contributed by atoms with Crippen LogP contribution in [0.15, 0.2) is 0 Å². The monoisotopic (exact) mass is 289 g/mol. The number of hydrogen-bond acceptors (Lipinski definition) is 2. The van der Waals surface area contributed by atoms with Crippen molar-refractivity contribution >= 4 is 0 Å². The van der Waals surface area contributed by atoms with Gasteiger partial charge in [-0.15, -0.1) is 0 Å². The first kappa shape index (κ1) is 15.1. The average molecular weight is 289 g/mol. The van der Waals surface area contributed by atoms with E-state index >= 15 is 0 Å². The summed E-state index contributed by atoms with van der Waals surface area (Å²) < 4.78 is 0. The zero-order valence-electron chi connectivity index (χ0n) is 14.0. The van der Waals surface area contributed by atoms with Gasteiger partial charge in [0, 0.05) is 11.8 Å². The Hall–Kier alpha value is -0.860. The van der Waals surface area contributed by atoms with Crippen molar-refractivity contribution in [1.82, 2.24) is 15.2 Å². The second kappa shape index (κ2) is 6.10. The van der Waals surface area contributed by atoms with E-state index in [4.69, 9.17) is 4.98 Å². The molecule has 1 aromatic heterocycles. The van der Waals surface area contributed by atoms with Crippen molar-refractivity contribution in [1.29, 1.82) is 0 Å². The number of nitrogens with one attached hydrogen (secondary N) is 1. The highest BCUT2D eigenvalue weighted by atomic mass is 15.2. The Morgan fingerprint density at radius 3 is 2.14 bits per heavy atom. The molecule has 0 saturated heterocycles. The van der Waals surface area contributed by atoms with Crippen molar-refractivity contribution < 1.29 is 0 Å². The van der Waals surface area contributed by atoms with Crippen molar-refractivity contribution in [3.05, 3.63) is 11.6 Å². The average Bonchev–Trinajstić information content (AvgIpc) is 2.97. The Labute approximate surface area is 129 Å². The molecule has 21 heavy (non-hydrogen) atoms. The summed E-state index contributed by atoms with van der Waals surface area (Å²) in [5.41, 5.74) is 0.458. The summed E-state index contributed by atoms with van der Waals surface area (Å²) in [5, 5.41) is 7.81. The maximum atomic E-state index is 4.88. The number of H-pyrrole nitrogens is 1. The molecular weight excluding hydrogens is 258 g/mol. The number of rotatable bonds is 2. The fourth-order valence-electron chi connectivity index (χ4n) is 4.25. The molecule has 2 fully saturated rings. The maximum Gasteiger partial charge on any atom is 0.153 e. The van der Waals surface area contributed by atoms with Crippen molar-refractivity contribution in [3.8, 4) is 0 Å². The summed E-state index contributed by atoms with van der Waals surface area (Å²) in [4.78, 5) is 4.88. The third-order valence-electron chi connectivity index (χ3n) is 5.83.